The van der Waals surface area contributed by atoms with Crippen molar-refractivity contribution < 1.29 is 4.79 Å². The number of amides is 1. The van der Waals surface area contributed by atoms with Crippen molar-refractivity contribution in [2.24, 2.45) is 0 Å². The first-order chi connectivity index (χ1) is 13.6. The number of hydrogen-bond donors (Lipinski definition) is 2. The van der Waals surface area contributed by atoms with E-state index in [1.54, 1.807) is 17.7 Å². The predicted octanol–water partition coefficient (Wildman–Crippen LogP) is 3.68. The molecule has 1 amide bonds. The van der Waals surface area contributed by atoms with Gasteiger partial charge in [0.2, 0.25) is 0 Å². The Morgan fingerprint density at radius 3 is 2.61 bits per heavy atom. The summed E-state index contributed by atoms with van der Waals surface area (Å²) in [6.07, 6.45) is 1.59. The highest BCUT2D eigenvalue weighted by Crippen LogP contribution is 2.27. The van der Waals surface area contributed by atoms with Crippen molar-refractivity contribution in [2.75, 3.05) is 31.5 Å². The number of rotatable bonds is 9. The van der Waals surface area contributed by atoms with Crippen molar-refractivity contribution in [3.8, 4) is 0 Å². The molecule has 1 aromatic carbocycles. The predicted molar refractivity (Wildman–Crippen MR) is 116 cm³/mol. The second-order valence-electron chi connectivity index (χ2n) is 6.63. The molecule has 2 N–H and O–H groups in total. The third kappa shape index (κ3) is 5.05. The lowest BCUT2D eigenvalue weighted by molar-refractivity contribution is 0.0949. The molecule has 7 heteroatoms. The van der Waals surface area contributed by atoms with Gasteiger partial charge in [-0.2, -0.15) is 0 Å². The zero-order valence-corrected chi connectivity index (χ0v) is 17.5. The van der Waals surface area contributed by atoms with E-state index in [1.807, 2.05) is 24.3 Å². The first-order valence-electron chi connectivity index (χ1n) is 9.65. The van der Waals surface area contributed by atoms with E-state index < -0.39 is 0 Å². The third-order valence-electron chi connectivity index (χ3n) is 4.74. The van der Waals surface area contributed by atoms with Crippen molar-refractivity contribution in [3.05, 3.63) is 52.7 Å². The summed E-state index contributed by atoms with van der Waals surface area (Å²) < 4.78 is 0. The van der Waals surface area contributed by atoms with Crippen molar-refractivity contribution in [1.29, 1.82) is 0 Å². The van der Waals surface area contributed by atoms with Crippen LogP contribution in [0.15, 0.2) is 36.7 Å². The van der Waals surface area contributed by atoms with Gasteiger partial charge in [0.15, 0.2) is 0 Å². The molecular formula is C21H27N5OS. The Bertz CT molecular complexity index is 918. The molecule has 148 valence electrons. The van der Waals surface area contributed by atoms with Crippen molar-refractivity contribution in [3.63, 3.8) is 0 Å². The summed E-state index contributed by atoms with van der Waals surface area (Å²) in [7, 11) is 0. The maximum atomic E-state index is 12.3. The van der Waals surface area contributed by atoms with Crippen LogP contribution in [0.5, 0.6) is 0 Å². The Morgan fingerprint density at radius 2 is 1.89 bits per heavy atom. The van der Waals surface area contributed by atoms with Crippen LogP contribution >= 0.6 is 11.3 Å². The van der Waals surface area contributed by atoms with Gasteiger partial charge in [-0.05, 0) is 43.8 Å². The number of aromatic nitrogens is 2. The van der Waals surface area contributed by atoms with Crippen molar-refractivity contribution in [2.45, 2.75) is 27.3 Å². The van der Waals surface area contributed by atoms with E-state index in [1.165, 1.54) is 4.88 Å². The zero-order chi connectivity index (χ0) is 19.9. The van der Waals surface area contributed by atoms with Crippen LogP contribution in [0.1, 0.15) is 34.6 Å². The van der Waals surface area contributed by atoms with E-state index in [2.05, 4.69) is 52.3 Å². The summed E-state index contributed by atoms with van der Waals surface area (Å²) in [5.74, 6) is 0.811. The smallest absolute Gasteiger partial charge is 0.251 e. The first kappa shape index (κ1) is 20.2. The Balaban J connectivity index is 1.54. The van der Waals surface area contributed by atoms with Crippen LogP contribution < -0.4 is 10.6 Å². The normalized spacial score (nSPS) is 11.1. The topological polar surface area (TPSA) is 70.2 Å². The highest BCUT2D eigenvalue weighted by atomic mass is 32.1. The largest absolute Gasteiger partial charge is 0.365 e. The minimum Gasteiger partial charge on any atom is -0.365 e. The Kier molecular flexibility index (Phi) is 6.95. The molecule has 0 atom stereocenters. The molecule has 0 bridgehead atoms. The lowest BCUT2D eigenvalue weighted by Gasteiger charge is -2.18. The number of hydrogen-bond acceptors (Lipinski definition) is 6. The van der Waals surface area contributed by atoms with E-state index in [4.69, 9.17) is 0 Å². The summed E-state index contributed by atoms with van der Waals surface area (Å²) in [5.41, 5.74) is 1.78. The van der Waals surface area contributed by atoms with Crippen LogP contribution in [0.3, 0.4) is 0 Å². The zero-order valence-electron chi connectivity index (χ0n) is 16.7. The van der Waals surface area contributed by atoms with E-state index in [0.717, 1.165) is 41.2 Å². The maximum absolute atomic E-state index is 12.3. The average molecular weight is 398 g/mol. The molecule has 3 aromatic rings. The fourth-order valence-electron chi connectivity index (χ4n) is 3.05. The van der Waals surface area contributed by atoms with Crippen LogP contribution in [0, 0.1) is 6.92 Å². The highest BCUT2D eigenvalue weighted by Gasteiger charge is 2.08. The van der Waals surface area contributed by atoms with Crippen molar-refractivity contribution >= 4 is 33.3 Å². The molecule has 3 rings (SSSR count). The lowest BCUT2D eigenvalue weighted by atomic mass is 10.1. The van der Waals surface area contributed by atoms with Crippen LogP contribution in [0.25, 0.3) is 10.2 Å². The summed E-state index contributed by atoms with van der Waals surface area (Å²) in [6, 6.07) is 9.79. The van der Waals surface area contributed by atoms with E-state index in [0.29, 0.717) is 18.7 Å². The third-order valence-corrected chi connectivity index (χ3v) is 5.70. The van der Waals surface area contributed by atoms with Gasteiger partial charge < -0.3 is 15.5 Å². The van der Waals surface area contributed by atoms with Gasteiger partial charge in [0.25, 0.3) is 5.91 Å². The first-order valence-corrected chi connectivity index (χ1v) is 10.5. The summed E-state index contributed by atoms with van der Waals surface area (Å²) in [4.78, 5) is 25.5. The summed E-state index contributed by atoms with van der Waals surface area (Å²) in [5, 5.41) is 7.41. The van der Waals surface area contributed by atoms with Gasteiger partial charge in [-0.15, -0.1) is 11.3 Å². The second-order valence-corrected chi connectivity index (χ2v) is 7.87. The van der Waals surface area contributed by atoms with Gasteiger partial charge >= 0.3 is 0 Å². The molecule has 2 heterocycles. The molecule has 0 aliphatic heterocycles. The van der Waals surface area contributed by atoms with Gasteiger partial charge in [-0.3, -0.25) is 4.79 Å². The minimum atomic E-state index is -0.0297. The fourth-order valence-corrected chi connectivity index (χ4v) is 3.89. The lowest BCUT2D eigenvalue weighted by Crippen LogP contribution is -2.34. The molecular weight excluding hydrogens is 370 g/mol. The molecule has 0 aliphatic carbocycles. The van der Waals surface area contributed by atoms with E-state index >= 15 is 0 Å². The van der Waals surface area contributed by atoms with Gasteiger partial charge in [0.1, 0.15) is 17.0 Å². The number of fused-ring (bicyclic) bond motifs is 1. The fraction of sp³-hybridized carbons (Fsp3) is 0.381. The number of thiophene rings is 1. The molecule has 0 unspecified atom stereocenters. The Morgan fingerprint density at radius 1 is 1.14 bits per heavy atom. The van der Waals surface area contributed by atoms with E-state index in [-0.39, 0.29) is 5.91 Å². The maximum Gasteiger partial charge on any atom is 0.251 e. The molecule has 2 aromatic heterocycles. The van der Waals surface area contributed by atoms with Gasteiger partial charge in [-0.1, -0.05) is 26.0 Å². The van der Waals surface area contributed by atoms with Crippen LogP contribution in [-0.2, 0) is 6.54 Å². The molecule has 0 saturated heterocycles. The van der Waals surface area contributed by atoms with Crippen LogP contribution in [0.4, 0.5) is 5.82 Å². The van der Waals surface area contributed by atoms with Gasteiger partial charge in [0.05, 0.1) is 5.39 Å². The Labute approximate surface area is 170 Å². The number of nitrogens with one attached hydrogen (secondary N) is 2. The Hall–Kier alpha value is -2.51. The summed E-state index contributed by atoms with van der Waals surface area (Å²) in [6.45, 7) is 10.5. The molecule has 28 heavy (non-hydrogen) atoms. The number of carbonyl (C=O) groups excluding carboxylic acids is 1. The van der Waals surface area contributed by atoms with E-state index in [9.17, 15) is 4.79 Å². The number of benzene rings is 1. The number of anilines is 1. The number of aryl methyl sites for hydroxylation is 1. The van der Waals surface area contributed by atoms with Crippen LogP contribution in [0.2, 0.25) is 0 Å². The monoisotopic (exact) mass is 397 g/mol. The molecule has 0 spiro atoms. The number of nitrogens with zero attached hydrogens (tertiary/aromatic N) is 3. The summed E-state index contributed by atoms with van der Waals surface area (Å²) >= 11 is 1.67. The highest BCUT2D eigenvalue weighted by molar-refractivity contribution is 7.18. The molecule has 0 aliphatic rings. The number of likely N-dealkylation sites (N-methyl/N-ethyl adjacent to an activating group) is 1. The SMILES string of the molecule is CCN(CC)CCNC(=O)c1ccc(CNc2ncnc3sc(C)cc23)cc1. The standard InChI is InChI=1S/C21H27N5OS/c1-4-26(5-2)11-10-22-20(27)17-8-6-16(7-9-17)13-23-19-18-12-15(3)28-21(18)25-14-24-19/h6-9,12,14H,4-5,10-11,13H2,1-3H3,(H,22,27)(H,23,24,25). The van der Waals surface area contributed by atoms with Crippen molar-refractivity contribution in [1.82, 2.24) is 20.2 Å². The second kappa shape index (κ2) is 9.61. The molecule has 6 nitrogen and oxygen atoms in total. The molecule has 0 radical (unpaired) electrons. The molecule has 0 saturated carbocycles. The van der Waals surface area contributed by atoms with Gasteiger partial charge in [-0.25, -0.2) is 9.97 Å². The van der Waals surface area contributed by atoms with Crippen LogP contribution in [-0.4, -0.2) is 47.0 Å². The molecule has 0 fully saturated rings. The average Bonchev–Trinajstić information content (AvgIpc) is 3.10. The van der Waals surface area contributed by atoms with Gasteiger partial charge in [0, 0.05) is 30.1 Å². The quantitative estimate of drug-likeness (QED) is 0.576. The minimum absolute atomic E-state index is 0.0297. The number of carbonyl (C=O) groups is 1.